The molecule has 33 heavy (non-hydrogen) atoms. The van der Waals surface area contributed by atoms with Crippen LogP contribution < -0.4 is 25.4 Å². The zero-order valence-electron chi connectivity index (χ0n) is 17.1. The van der Waals surface area contributed by atoms with Gasteiger partial charge in [0.25, 0.3) is 5.91 Å². The van der Waals surface area contributed by atoms with Gasteiger partial charge in [-0.05, 0) is 46.2 Å². The lowest BCUT2D eigenvalue weighted by Crippen LogP contribution is -2.19. The number of aromatic nitrogens is 5. The zero-order valence-corrected chi connectivity index (χ0v) is 17.1. The monoisotopic (exact) mass is 448 g/mol. The molecule has 5 rings (SSSR count). The number of nitrogen functional groups attached to an aromatic ring is 1. The minimum atomic E-state index is -0.605. The Hall–Kier alpha value is -4.94. The molecule has 1 aliphatic rings. The summed E-state index contributed by atoms with van der Waals surface area (Å²) in [4.78, 5) is 12.9. The van der Waals surface area contributed by atoms with Crippen molar-refractivity contribution in [3.05, 3.63) is 53.7 Å². The number of hydrogen-bond donors (Lipinski definition) is 2. The van der Waals surface area contributed by atoms with Gasteiger partial charge in [-0.15, -0.1) is 5.10 Å². The van der Waals surface area contributed by atoms with Gasteiger partial charge in [0.2, 0.25) is 18.4 Å². The molecule has 0 fully saturated rings. The summed E-state index contributed by atoms with van der Waals surface area (Å²) in [5.74, 6) is 1.29. The molecular formula is C20H16N8O5. The largest absolute Gasteiger partial charge is 0.497 e. The maximum absolute atomic E-state index is 12.9. The van der Waals surface area contributed by atoms with Gasteiger partial charge < -0.3 is 19.9 Å². The SMILES string of the molecule is COc1cccc(-c2c(C(=O)NN=Cc3ccc4c(c3)OCO4)nnn2-c2nonc2N)c1. The molecule has 0 bridgehead atoms. The Labute approximate surface area is 185 Å². The Balaban J connectivity index is 1.46. The summed E-state index contributed by atoms with van der Waals surface area (Å²) >= 11 is 0. The standard InChI is InChI=1S/C20H16N8O5/c1-30-13-4-2-3-12(8-13)17-16(23-27-28(17)19-18(21)25-33-26-19)20(29)24-22-9-11-5-6-14-15(7-11)32-10-31-14/h2-9H,10H2,1H3,(H2,21,25)(H,24,29). The third-order valence-corrected chi connectivity index (χ3v) is 4.70. The van der Waals surface area contributed by atoms with Crippen molar-refractivity contribution < 1.29 is 23.6 Å². The highest BCUT2D eigenvalue weighted by Crippen LogP contribution is 2.32. The Bertz CT molecular complexity index is 1360. The number of nitrogens with one attached hydrogen (secondary N) is 1. The van der Waals surface area contributed by atoms with E-state index in [2.05, 4.69) is 35.8 Å². The number of fused-ring (bicyclic) bond motifs is 1. The van der Waals surface area contributed by atoms with Crippen LogP contribution in [0.25, 0.3) is 17.1 Å². The van der Waals surface area contributed by atoms with E-state index in [0.717, 1.165) is 0 Å². The van der Waals surface area contributed by atoms with Gasteiger partial charge in [0.05, 0.1) is 13.3 Å². The Kier molecular flexibility index (Phi) is 5.03. The number of hydrazone groups is 1. The van der Waals surface area contributed by atoms with Crippen LogP contribution >= 0.6 is 0 Å². The molecule has 0 radical (unpaired) electrons. The van der Waals surface area contributed by atoms with E-state index in [1.165, 1.54) is 18.0 Å². The number of nitrogens with two attached hydrogens (primary N) is 1. The van der Waals surface area contributed by atoms with E-state index in [0.29, 0.717) is 34.1 Å². The molecule has 0 aliphatic carbocycles. The lowest BCUT2D eigenvalue weighted by atomic mass is 10.1. The molecule has 2 aromatic heterocycles. The second-order valence-corrected chi connectivity index (χ2v) is 6.72. The number of carbonyl (C=O) groups is 1. The average Bonchev–Trinajstić information content (AvgIpc) is 3.57. The third-order valence-electron chi connectivity index (χ3n) is 4.70. The van der Waals surface area contributed by atoms with Gasteiger partial charge in [0.15, 0.2) is 17.2 Å². The number of nitrogens with zero attached hydrogens (tertiary/aromatic N) is 6. The van der Waals surface area contributed by atoms with Crippen molar-refractivity contribution in [2.45, 2.75) is 0 Å². The van der Waals surface area contributed by atoms with E-state index in [9.17, 15) is 4.79 Å². The van der Waals surface area contributed by atoms with Crippen molar-refractivity contribution >= 4 is 17.9 Å². The molecule has 1 amide bonds. The summed E-state index contributed by atoms with van der Waals surface area (Å²) in [5.41, 5.74) is 9.83. The van der Waals surface area contributed by atoms with Crippen molar-refractivity contribution in [1.29, 1.82) is 0 Å². The van der Waals surface area contributed by atoms with E-state index < -0.39 is 5.91 Å². The van der Waals surface area contributed by atoms with Crippen molar-refractivity contribution in [3.63, 3.8) is 0 Å². The fourth-order valence-electron chi connectivity index (χ4n) is 3.16. The molecule has 166 valence electrons. The number of benzene rings is 2. The first-order chi connectivity index (χ1) is 16.1. The van der Waals surface area contributed by atoms with E-state index in [1.807, 2.05) is 0 Å². The van der Waals surface area contributed by atoms with Gasteiger partial charge in [0, 0.05) is 5.56 Å². The molecular weight excluding hydrogens is 432 g/mol. The number of hydrogen-bond acceptors (Lipinski definition) is 11. The van der Waals surface area contributed by atoms with Crippen LogP contribution in [0, 0.1) is 0 Å². The van der Waals surface area contributed by atoms with Gasteiger partial charge in [-0.25, -0.2) is 10.1 Å². The molecule has 0 saturated carbocycles. The molecule has 1 aliphatic heterocycles. The zero-order chi connectivity index (χ0) is 22.8. The molecule has 3 N–H and O–H groups in total. The maximum Gasteiger partial charge on any atom is 0.294 e. The topological polar surface area (TPSA) is 165 Å². The van der Waals surface area contributed by atoms with Gasteiger partial charge in [-0.3, -0.25) is 4.79 Å². The average molecular weight is 448 g/mol. The molecule has 4 aromatic rings. The quantitative estimate of drug-likeness (QED) is 0.325. The number of ether oxygens (including phenoxy) is 3. The second kappa shape index (κ2) is 8.30. The van der Waals surface area contributed by atoms with E-state index in [1.54, 1.807) is 42.5 Å². The Morgan fingerprint density at radius 3 is 2.91 bits per heavy atom. The van der Waals surface area contributed by atoms with Crippen LogP contribution in [0.1, 0.15) is 16.1 Å². The lowest BCUT2D eigenvalue weighted by Gasteiger charge is -2.07. The molecule has 3 heterocycles. The summed E-state index contributed by atoms with van der Waals surface area (Å²) in [7, 11) is 1.53. The van der Waals surface area contributed by atoms with E-state index >= 15 is 0 Å². The van der Waals surface area contributed by atoms with E-state index in [-0.39, 0.29) is 24.1 Å². The number of methoxy groups -OCH3 is 1. The number of rotatable bonds is 6. The number of amides is 1. The van der Waals surface area contributed by atoms with Crippen molar-refractivity contribution in [1.82, 2.24) is 30.7 Å². The van der Waals surface area contributed by atoms with Crippen molar-refractivity contribution in [2.24, 2.45) is 5.10 Å². The molecule has 0 saturated heterocycles. The Morgan fingerprint density at radius 2 is 2.09 bits per heavy atom. The first kappa shape index (κ1) is 20.0. The Morgan fingerprint density at radius 1 is 1.21 bits per heavy atom. The molecule has 13 heteroatoms. The fourth-order valence-corrected chi connectivity index (χ4v) is 3.16. The number of anilines is 1. The normalized spacial score (nSPS) is 12.3. The predicted molar refractivity (Wildman–Crippen MR) is 113 cm³/mol. The van der Waals surface area contributed by atoms with Crippen LogP contribution in [-0.2, 0) is 0 Å². The smallest absolute Gasteiger partial charge is 0.294 e. The van der Waals surface area contributed by atoms with Crippen LogP contribution in [0.5, 0.6) is 17.2 Å². The van der Waals surface area contributed by atoms with Gasteiger partial charge in [0.1, 0.15) is 11.4 Å². The van der Waals surface area contributed by atoms with E-state index in [4.69, 9.17) is 19.9 Å². The van der Waals surface area contributed by atoms with Gasteiger partial charge in [-0.2, -0.15) is 9.78 Å². The van der Waals surface area contributed by atoms with Crippen LogP contribution in [-0.4, -0.2) is 51.3 Å². The molecule has 13 nitrogen and oxygen atoms in total. The van der Waals surface area contributed by atoms with Crippen LogP contribution in [0.4, 0.5) is 5.82 Å². The predicted octanol–water partition coefficient (Wildman–Crippen LogP) is 1.40. The second-order valence-electron chi connectivity index (χ2n) is 6.72. The summed E-state index contributed by atoms with van der Waals surface area (Å²) in [6.45, 7) is 0.168. The summed E-state index contributed by atoms with van der Waals surface area (Å²) in [6.07, 6.45) is 1.47. The van der Waals surface area contributed by atoms with Crippen molar-refractivity contribution in [2.75, 3.05) is 19.6 Å². The maximum atomic E-state index is 12.9. The first-order valence-electron chi connectivity index (χ1n) is 9.55. The lowest BCUT2D eigenvalue weighted by molar-refractivity contribution is 0.0950. The first-order valence-corrected chi connectivity index (χ1v) is 9.55. The van der Waals surface area contributed by atoms with Gasteiger partial charge in [-0.1, -0.05) is 17.3 Å². The van der Waals surface area contributed by atoms with Crippen LogP contribution in [0.2, 0.25) is 0 Å². The fraction of sp³-hybridized carbons (Fsp3) is 0.100. The summed E-state index contributed by atoms with van der Waals surface area (Å²) in [6, 6.07) is 12.3. The van der Waals surface area contributed by atoms with Crippen molar-refractivity contribution in [3.8, 4) is 34.3 Å². The van der Waals surface area contributed by atoms with Gasteiger partial charge >= 0.3 is 0 Å². The highest BCUT2D eigenvalue weighted by molar-refractivity contribution is 5.99. The molecule has 0 atom stereocenters. The molecule has 0 spiro atoms. The third kappa shape index (κ3) is 3.78. The highest BCUT2D eigenvalue weighted by Gasteiger charge is 2.25. The number of carbonyl (C=O) groups excluding carboxylic acids is 1. The summed E-state index contributed by atoms with van der Waals surface area (Å²) in [5, 5.41) is 19.3. The highest BCUT2D eigenvalue weighted by atomic mass is 16.7. The minimum absolute atomic E-state index is 0.0168. The summed E-state index contributed by atoms with van der Waals surface area (Å²) < 4.78 is 21.8. The molecule has 2 aromatic carbocycles. The van der Waals surface area contributed by atoms with Crippen LogP contribution in [0.3, 0.4) is 0 Å². The van der Waals surface area contributed by atoms with Crippen LogP contribution in [0.15, 0.2) is 52.2 Å². The minimum Gasteiger partial charge on any atom is -0.497 e. The molecule has 0 unspecified atom stereocenters.